The number of nitrogens with one attached hydrogen (secondary N) is 1. The Morgan fingerprint density at radius 2 is 1.75 bits per heavy atom. The molecule has 0 radical (unpaired) electrons. The van der Waals surface area contributed by atoms with Crippen molar-refractivity contribution in [1.82, 2.24) is 4.98 Å². The number of benzene rings is 3. The highest BCUT2D eigenvalue weighted by molar-refractivity contribution is 7.93. The van der Waals surface area contributed by atoms with Crippen LogP contribution >= 0.6 is 0 Å². The number of hydrogen-bond acceptors (Lipinski definition) is 4. The fraction of sp³-hybridized carbons (Fsp3) is 0.0476. The number of sulfonamides is 1. The number of pyridine rings is 1. The van der Waals surface area contributed by atoms with Gasteiger partial charge in [-0.1, -0.05) is 30.3 Å². The van der Waals surface area contributed by atoms with Crippen molar-refractivity contribution in [1.29, 1.82) is 0 Å². The summed E-state index contributed by atoms with van der Waals surface area (Å²) in [6.45, 7) is 0. The molecular weight excluding hydrogens is 374 g/mol. The van der Waals surface area contributed by atoms with Crippen LogP contribution in [0.2, 0.25) is 0 Å². The molecule has 0 fully saturated rings. The van der Waals surface area contributed by atoms with Gasteiger partial charge < -0.3 is 4.90 Å². The molecule has 0 aliphatic carbocycles. The van der Waals surface area contributed by atoms with Crippen molar-refractivity contribution in [2.45, 2.75) is 4.90 Å². The summed E-state index contributed by atoms with van der Waals surface area (Å²) in [4.78, 5) is 18.3. The topological polar surface area (TPSA) is 79.4 Å². The van der Waals surface area contributed by atoms with Crippen LogP contribution in [0.1, 0.15) is 10.4 Å². The molecule has 0 spiro atoms. The van der Waals surface area contributed by atoms with Crippen molar-refractivity contribution < 1.29 is 13.2 Å². The third-order valence-corrected chi connectivity index (χ3v) is 6.44. The fourth-order valence-corrected chi connectivity index (χ4v) is 4.98. The summed E-state index contributed by atoms with van der Waals surface area (Å²) >= 11 is 0. The molecule has 5 rings (SSSR count). The lowest BCUT2D eigenvalue weighted by atomic mass is 10.0. The van der Waals surface area contributed by atoms with E-state index in [-0.39, 0.29) is 10.8 Å². The standard InChI is InChI=1S/C21H15N3O3S/c1-24-17-11-10-16(14-7-3-8-15(19(14)17)21(24)25)23-28(26,27)18-9-2-5-13-6-4-12-22-20(13)18/h2-12,23H,1H3. The Hall–Kier alpha value is -3.45. The van der Waals surface area contributed by atoms with Gasteiger partial charge in [-0.25, -0.2) is 8.42 Å². The van der Waals surface area contributed by atoms with Gasteiger partial charge in [-0.2, -0.15) is 0 Å². The summed E-state index contributed by atoms with van der Waals surface area (Å²) in [5.74, 6) is -0.0983. The highest BCUT2D eigenvalue weighted by atomic mass is 32.2. The van der Waals surface area contributed by atoms with Gasteiger partial charge in [0.25, 0.3) is 15.9 Å². The molecule has 1 amide bonds. The van der Waals surface area contributed by atoms with E-state index in [9.17, 15) is 13.2 Å². The van der Waals surface area contributed by atoms with Gasteiger partial charge in [-0.15, -0.1) is 0 Å². The van der Waals surface area contributed by atoms with E-state index in [2.05, 4.69) is 9.71 Å². The number of carbonyl (C=O) groups is 1. The van der Waals surface area contributed by atoms with Gasteiger partial charge >= 0.3 is 0 Å². The minimum atomic E-state index is -3.87. The second-order valence-corrected chi connectivity index (χ2v) is 8.31. The summed E-state index contributed by atoms with van der Waals surface area (Å²) in [6, 6.07) is 17.4. The van der Waals surface area contributed by atoms with Crippen molar-refractivity contribution in [2.24, 2.45) is 0 Å². The first-order valence-corrected chi connectivity index (χ1v) is 10.2. The maximum absolute atomic E-state index is 13.1. The predicted molar refractivity (Wildman–Crippen MR) is 109 cm³/mol. The van der Waals surface area contributed by atoms with Gasteiger partial charge in [0.2, 0.25) is 0 Å². The Kier molecular flexibility index (Phi) is 3.44. The first-order valence-electron chi connectivity index (χ1n) is 8.68. The van der Waals surface area contributed by atoms with Gasteiger partial charge in [0.1, 0.15) is 4.90 Å². The van der Waals surface area contributed by atoms with Crippen molar-refractivity contribution >= 4 is 49.0 Å². The lowest BCUT2D eigenvalue weighted by Gasteiger charge is -2.14. The van der Waals surface area contributed by atoms with Gasteiger partial charge in [-0.3, -0.25) is 14.5 Å². The second kappa shape index (κ2) is 5.77. The van der Waals surface area contributed by atoms with E-state index in [0.717, 1.165) is 16.5 Å². The molecule has 2 heterocycles. The average molecular weight is 389 g/mol. The van der Waals surface area contributed by atoms with Crippen molar-refractivity contribution in [3.8, 4) is 0 Å². The second-order valence-electron chi connectivity index (χ2n) is 6.66. The largest absolute Gasteiger partial charge is 0.311 e. The highest BCUT2D eigenvalue weighted by Gasteiger charge is 2.28. The van der Waals surface area contributed by atoms with Crippen LogP contribution in [-0.4, -0.2) is 26.4 Å². The molecule has 138 valence electrons. The summed E-state index contributed by atoms with van der Waals surface area (Å²) in [7, 11) is -2.16. The molecule has 1 N–H and O–H groups in total. The first kappa shape index (κ1) is 16.7. The van der Waals surface area contributed by atoms with Crippen molar-refractivity contribution in [3.05, 3.63) is 72.4 Å². The molecule has 7 heteroatoms. The number of nitrogens with zero attached hydrogens (tertiary/aromatic N) is 2. The van der Waals surface area contributed by atoms with Crippen LogP contribution < -0.4 is 9.62 Å². The Morgan fingerprint density at radius 1 is 0.964 bits per heavy atom. The Morgan fingerprint density at radius 3 is 2.61 bits per heavy atom. The fourth-order valence-electron chi connectivity index (χ4n) is 3.72. The normalized spacial score (nSPS) is 13.5. The first-order chi connectivity index (χ1) is 13.5. The van der Waals surface area contributed by atoms with Gasteiger partial charge in [0, 0.05) is 35.0 Å². The number of aromatic nitrogens is 1. The molecule has 0 bridgehead atoms. The van der Waals surface area contributed by atoms with E-state index in [1.54, 1.807) is 54.5 Å². The molecule has 0 atom stereocenters. The minimum absolute atomic E-state index is 0.0983. The Bertz CT molecular complexity index is 1390. The van der Waals surface area contributed by atoms with E-state index < -0.39 is 10.0 Å². The summed E-state index contributed by atoms with van der Waals surface area (Å²) in [6.07, 6.45) is 1.57. The zero-order valence-electron chi connectivity index (χ0n) is 14.9. The maximum atomic E-state index is 13.1. The number of rotatable bonds is 3. The van der Waals surface area contributed by atoms with E-state index in [0.29, 0.717) is 22.2 Å². The smallest absolute Gasteiger partial charge is 0.264 e. The van der Waals surface area contributed by atoms with Crippen LogP contribution in [0.15, 0.2) is 71.8 Å². The Labute approximate surface area is 161 Å². The molecule has 28 heavy (non-hydrogen) atoms. The molecule has 0 saturated heterocycles. The van der Waals surface area contributed by atoms with Gasteiger partial charge in [0.15, 0.2) is 0 Å². The van der Waals surface area contributed by atoms with E-state index in [1.807, 2.05) is 18.2 Å². The summed E-state index contributed by atoms with van der Waals surface area (Å²) in [5.41, 5.74) is 2.18. The van der Waals surface area contributed by atoms with Crippen molar-refractivity contribution in [2.75, 3.05) is 16.7 Å². The lowest BCUT2D eigenvalue weighted by Crippen LogP contribution is -2.20. The number of hydrogen-bond donors (Lipinski definition) is 1. The molecule has 1 aliphatic rings. The summed E-state index contributed by atoms with van der Waals surface area (Å²) in [5, 5.41) is 2.19. The maximum Gasteiger partial charge on any atom is 0.264 e. The predicted octanol–water partition coefficient (Wildman–Crippen LogP) is 3.78. The highest BCUT2D eigenvalue weighted by Crippen LogP contribution is 2.40. The van der Waals surface area contributed by atoms with Crippen LogP contribution in [0.5, 0.6) is 0 Å². The molecule has 1 aliphatic heterocycles. The van der Waals surface area contributed by atoms with Gasteiger partial charge in [0.05, 0.1) is 16.9 Å². The third kappa shape index (κ3) is 2.30. The third-order valence-electron chi connectivity index (χ3n) is 5.04. The van der Waals surface area contributed by atoms with Crippen molar-refractivity contribution in [3.63, 3.8) is 0 Å². The zero-order chi connectivity index (χ0) is 19.5. The molecule has 4 aromatic rings. The van der Waals surface area contributed by atoms with Crippen LogP contribution in [0.3, 0.4) is 0 Å². The number of amides is 1. The molecule has 3 aromatic carbocycles. The molecule has 0 unspecified atom stereocenters. The van der Waals surface area contributed by atoms with Crippen LogP contribution in [0.25, 0.3) is 21.7 Å². The number of anilines is 2. The van der Waals surface area contributed by atoms with Crippen LogP contribution in [0, 0.1) is 0 Å². The lowest BCUT2D eigenvalue weighted by molar-refractivity contribution is 0.0999. The van der Waals surface area contributed by atoms with E-state index in [4.69, 9.17) is 0 Å². The number of fused-ring (bicyclic) bond motifs is 1. The Balaban J connectivity index is 1.68. The molecule has 1 aromatic heterocycles. The average Bonchev–Trinajstić information content (AvgIpc) is 2.95. The number of para-hydroxylation sites is 1. The van der Waals surface area contributed by atoms with E-state index in [1.165, 1.54) is 6.07 Å². The van der Waals surface area contributed by atoms with Crippen LogP contribution in [-0.2, 0) is 10.0 Å². The minimum Gasteiger partial charge on any atom is -0.311 e. The quantitative estimate of drug-likeness (QED) is 0.578. The van der Waals surface area contributed by atoms with E-state index >= 15 is 0 Å². The monoisotopic (exact) mass is 389 g/mol. The SMILES string of the molecule is CN1C(=O)c2cccc3c(NS(=O)(=O)c4cccc5cccnc45)ccc1c23. The van der Waals surface area contributed by atoms with Crippen LogP contribution in [0.4, 0.5) is 11.4 Å². The summed E-state index contributed by atoms with van der Waals surface area (Å²) < 4.78 is 29.0. The van der Waals surface area contributed by atoms with Gasteiger partial charge in [-0.05, 0) is 30.3 Å². The zero-order valence-corrected chi connectivity index (χ0v) is 15.7. The molecule has 0 saturated carbocycles. The molecular formula is C21H15N3O3S. The number of carbonyl (C=O) groups excluding carboxylic acids is 1. The molecule has 6 nitrogen and oxygen atoms in total.